The van der Waals surface area contributed by atoms with Crippen molar-refractivity contribution in [2.24, 2.45) is 5.41 Å². The third kappa shape index (κ3) is 2.85. The summed E-state index contributed by atoms with van der Waals surface area (Å²) in [6.07, 6.45) is 7.27. The van der Waals surface area contributed by atoms with E-state index in [9.17, 15) is 9.90 Å². The van der Waals surface area contributed by atoms with E-state index in [0.29, 0.717) is 6.54 Å². The minimum absolute atomic E-state index is 0.435. The molecule has 1 aliphatic carbocycles. The van der Waals surface area contributed by atoms with Gasteiger partial charge in [-0.3, -0.25) is 4.79 Å². The first-order valence-electron chi connectivity index (χ1n) is 7.37. The van der Waals surface area contributed by atoms with E-state index in [1.807, 2.05) is 11.4 Å². The Hall–Kier alpha value is -1.69. The van der Waals surface area contributed by atoms with Gasteiger partial charge in [-0.1, -0.05) is 25.7 Å². The molecule has 1 fully saturated rings. The van der Waals surface area contributed by atoms with Gasteiger partial charge in [-0.05, 0) is 24.3 Å². The molecule has 2 aromatic rings. The fourth-order valence-electron chi connectivity index (χ4n) is 3.06. The van der Waals surface area contributed by atoms with E-state index in [1.165, 1.54) is 6.33 Å². The van der Waals surface area contributed by atoms with Gasteiger partial charge >= 0.3 is 5.97 Å². The first-order chi connectivity index (χ1) is 10.2. The van der Waals surface area contributed by atoms with Gasteiger partial charge < -0.3 is 10.4 Å². The van der Waals surface area contributed by atoms with Crippen LogP contribution in [0.1, 0.15) is 38.5 Å². The third-order valence-corrected chi connectivity index (χ3v) is 5.19. The van der Waals surface area contributed by atoms with Crippen molar-refractivity contribution < 1.29 is 9.90 Å². The largest absolute Gasteiger partial charge is 0.481 e. The van der Waals surface area contributed by atoms with E-state index in [1.54, 1.807) is 11.3 Å². The summed E-state index contributed by atoms with van der Waals surface area (Å²) in [5.74, 6) is 0.0543. The van der Waals surface area contributed by atoms with Crippen LogP contribution in [-0.4, -0.2) is 27.6 Å². The molecule has 2 heterocycles. The lowest BCUT2D eigenvalue weighted by molar-refractivity contribution is -0.149. The highest BCUT2D eigenvalue weighted by Crippen LogP contribution is 2.36. The standard InChI is InChI=1S/C15H19N3O2S/c19-14(20)15(6-3-1-2-4-7-15)9-16-12-11-5-8-21-13(11)18-10-17-12/h5,8,10H,1-4,6-7,9H2,(H,19,20)(H,16,17,18). The molecular weight excluding hydrogens is 286 g/mol. The number of carboxylic acid groups (broad SMARTS) is 1. The lowest BCUT2D eigenvalue weighted by Crippen LogP contribution is -2.37. The highest BCUT2D eigenvalue weighted by molar-refractivity contribution is 7.16. The van der Waals surface area contributed by atoms with Crippen LogP contribution in [0, 0.1) is 5.41 Å². The van der Waals surface area contributed by atoms with Crippen LogP contribution in [0.15, 0.2) is 17.8 Å². The number of rotatable bonds is 4. The minimum atomic E-state index is -0.687. The second-order valence-corrected chi connectivity index (χ2v) is 6.61. The van der Waals surface area contributed by atoms with Crippen LogP contribution in [0.25, 0.3) is 10.2 Å². The number of anilines is 1. The zero-order valence-corrected chi connectivity index (χ0v) is 12.7. The number of hydrogen-bond donors (Lipinski definition) is 2. The van der Waals surface area contributed by atoms with Gasteiger partial charge in [0.15, 0.2) is 0 Å². The van der Waals surface area contributed by atoms with E-state index < -0.39 is 11.4 Å². The van der Waals surface area contributed by atoms with Crippen molar-refractivity contribution in [1.29, 1.82) is 0 Å². The van der Waals surface area contributed by atoms with Crippen molar-refractivity contribution in [2.75, 3.05) is 11.9 Å². The smallest absolute Gasteiger partial charge is 0.311 e. The normalized spacial score (nSPS) is 18.3. The molecule has 112 valence electrons. The monoisotopic (exact) mass is 305 g/mol. The second kappa shape index (κ2) is 5.97. The van der Waals surface area contributed by atoms with Crippen molar-refractivity contribution in [1.82, 2.24) is 9.97 Å². The number of fused-ring (bicyclic) bond motifs is 1. The highest BCUT2D eigenvalue weighted by Gasteiger charge is 2.38. The van der Waals surface area contributed by atoms with E-state index in [4.69, 9.17) is 0 Å². The minimum Gasteiger partial charge on any atom is -0.481 e. The van der Waals surface area contributed by atoms with Gasteiger partial charge in [0.05, 0.1) is 10.8 Å². The molecule has 21 heavy (non-hydrogen) atoms. The van der Waals surface area contributed by atoms with Gasteiger partial charge in [-0.15, -0.1) is 11.3 Å². The molecule has 0 aromatic carbocycles. The molecular formula is C15H19N3O2S. The van der Waals surface area contributed by atoms with Gasteiger partial charge in [0.25, 0.3) is 0 Å². The van der Waals surface area contributed by atoms with Crippen LogP contribution in [0.5, 0.6) is 0 Å². The molecule has 0 radical (unpaired) electrons. The predicted molar refractivity (Wildman–Crippen MR) is 83.7 cm³/mol. The van der Waals surface area contributed by atoms with Crippen molar-refractivity contribution in [3.05, 3.63) is 17.8 Å². The summed E-state index contributed by atoms with van der Waals surface area (Å²) in [5, 5.41) is 15.9. The van der Waals surface area contributed by atoms with Crippen LogP contribution >= 0.6 is 11.3 Å². The number of aromatic nitrogens is 2. The Kier molecular flexibility index (Phi) is 4.05. The molecule has 0 unspecified atom stereocenters. The van der Waals surface area contributed by atoms with Crippen molar-refractivity contribution >= 4 is 33.3 Å². The quantitative estimate of drug-likeness (QED) is 0.845. The van der Waals surface area contributed by atoms with Crippen molar-refractivity contribution in [2.45, 2.75) is 38.5 Å². The van der Waals surface area contributed by atoms with Gasteiger partial charge in [0.1, 0.15) is 17.0 Å². The Morgan fingerprint density at radius 2 is 2.05 bits per heavy atom. The molecule has 0 aliphatic heterocycles. The van der Waals surface area contributed by atoms with Crippen LogP contribution in [0.3, 0.4) is 0 Å². The first kappa shape index (κ1) is 14.3. The molecule has 0 atom stereocenters. The number of thiophene rings is 1. The zero-order chi connectivity index (χ0) is 14.7. The molecule has 1 saturated carbocycles. The number of hydrogen-bond acceptors (Lipinski definition) is 5. The summed E-state index contributed by atoms with van der Waals surface area (Å²) in [5.41, 5.74) is -0.663. The number of carboxylic acids is 1. The van der Waals surface area contributed by atoms with Crippen LogP contribution in [-0.2, 0) is 4.79 Å². The summed E-state index contributed by atoms with van der Waals surface area (Å²) < 4.78 is 0. The maximum absolute atomic E-state index is 11.8. The average molecular weight is 305 g/mol. The van der Waals surface area contributed by atoms with E-state index in [0.717, 1.165) is 54.6 Å². The fourth-order valence-corrected chi connectivity index (χ4v) is 3.79. The summed E-state index contributed by atoms with van der Waals surface area (Å²) in [6.45, 7) is 0.435. The Morgan fingerprint density at radius 1 is 1.29 bits per heavy atom. The molecule has 2 N–H and O–H groups in total. The Labute approximate surface area is 127 Å². The van der Waals surface area contributed by atoms with E-state index in [-0.39, 0.29) is 0 Å². The Bertz CT molecular complexity index is 633. The molecule has 0 amide bonds. The van der Waals surface area contributed by atoms with Crippen LogP contribution in [0.4, 0.5) is 5.82 Å². The molecule has 6 heteroatoms. The van der Waals surface area contributed by atoms with Gasteiger partial charge in [0.2, 0.25) is 0 Å². The topological polar surface area (TPSA) is 75.1 Å². The molecule has 0 bridgehead atoms. The Balaban J connectivity index is 1.80. The van der Waals surface area contributed by atoms with E-state index in [2.05, 4.69) is 15.3 Å². The number of carbonyl (C=O) groups is 1. The molecule has 3 rings (SSSR count). The zero-order valence-electron chi connectivity index (χ0n) is 11.8. The molecule has 5 nitrogen and oxygen atoms in total. The predicted octanol–water partition coefficient (Wildman–Crippen LogP) is 3.53. The van der Waals surface area contributed by atoms with Crippen LogP contribution in [0.2, 0.25) is 0 Å². The first-order valence-corrected chi connectivity index (χ1v) is 8.25. The maximum atomic E-state index is 11.8. The summed E-state index contributed by atoms with van der Waals surface area (Å²) >= 11 is 1.56. The van der Waals surface area contributed by atoms with Gasteiger partial charge in [0, 0.05) is 6.54 Å². The van der Waals surface area contributed by atoms with Crippen molar-refractivity contribution in [3.63, 3.8) is 0 Å². The highest BCUT2D eigenvalue weighted by atomic mass is 32.1. The fraction of sp³-hybridized carbons (Fsp3) is 0.533. The Morgan fingerprint density at radius 3 is 2.76 bits per heavy atom. The molecule has 1 aliphatic rings. The SMILES string of the molecule is O=C(O)C1(CNc2ncnc3sccc23)CCCCCC1. The van der Waals surface area contributed by atoms with Crippen molar-refractivity contribution in [3.8, 4) is 0 Å². The lowest BCUT2D eigenvalue weighted by atomic mass is 9.80. The van der Waals surface area contributed by atoms with E-state index >= 15 is 0 Å². The summed E-state index contributed by atoms with van der Waals surface area (Å²) in [4.78, 5) is 21.2. The third-order valence-electron chi connectivity index (χ3n) is 4.37. The van der Waals surface area contributed by atoms with Gasteiger partial charge in [-0.2, -0.15) is 0 Å². The molecule has 0 saturated heterocycles. The van der Waals surface area contributed by atoms with Gasteiger partial charge in [-0.25, -0.2) is 9.97 Å². The molecule has 2 aromatic heterocycles. The lowest BCUT2D eigenvalue weighted by Gasteiger charge is -2.28. The number of nitrogens with one attached hydrogen (secondary N) is 1. The summed E-state index contributed by atoms with van der Waals surface area (Å²) in [6, 6.07) is 1.98. The number of nitrogens with zero attached hydrogens (tertiary/aromatic N) is 2. The maximum Gasteiger partial charge on any atom is 0.311 e. The van der Waals surface area contributed by atoms with Crippen LogP contribution < -0.4 is 5.32 Å². The molecule has 0 spiro atoms. The number of aliphatic carboxylic acids is 1. The summed E-state index contributed by atoms with van der Waals surface area (Å²) in [7, 11) is 0. The average Bonchev–Trinajstić information content (AvgIpc) is 2.83. The second-order valence-electron chi connectivity index (χ2n) is 5.71.